The number of fused-ring (bicyclic) bond motifs is 3. The van der Waals surface area contributed by atoms with E-state index in [-0.39, 0.29) is 25.5 Å². The molecular formula is C12H5FIrNO2-. The van der Waals surface area contributed by atoms with Gasteiger partial charge in [0.2, 0.25) is 0 Å². The van der Waals surface area contributed by atoms with E-state index >= 15 is 0 Å². The molecule has 0 N–H and O–H groups in total. The molecule has 3 aromatic rings. The van der Waals surface area contributed by atoms with Gasteiger partial charge >= 0.3 is 0 Å². The van der Waals surface area contributed by atoms with Gasteiger partial charge in [0, 0.05) is 37.6 Å². The molecule has 1 radical (unpaired) electrons. The molecule has 0 fully saturated rings. The molecule has 2 heterocycles. The van der Waals surface area contributed by atoms with Crippen LogP contribution < -0.4 is 5.63 Å². The molecule has 3 nitrogen and oxygen atoms in total. The van der Waals surface area contributed by atoms with Gasteiger partial charge in [-0.1, -0.05) is 6.07 Å². The number of aromatic nitrogens is 1. The third-order valence-corrected chi connectivity index (χ3v) is 2.34. The normalized spacial score (nSPS) is 10.4. The second-order valence-electron chi connectivity index (χ2n) is 3.35. The molecule has 3 rings (SSSR count). The minimum absolute atomic E-state index is 0. The van der Waals surface area contributed by atoms with Crippen molar-refractivity contribution in [2.45, 2.75) is 0 Å². The number of hydrogen-bond acceptors (Lipinski definition) is 3. The predicted molar refractivity (Wildman–Crippen MR) is 56.6 cm³/mol. The predicted octanol–water partition coefficient (Wildman–Crippen LogP) is 2.28. The van der Waals surface area contributed by atoms with Gasteiger partial charge in [0.05, 0.1) is 0 Å². The van der Waals surface area contributed by atoms with Gasteiger partial charge in [-0.2, -0.15) is 0 Å². The summed E-state index contributed by atoms with van der Waals surface area (Å²) in [5, 5.41) is 0.638. The zero-order chi connectivity index (χ0) is 11.1. The van der Waals surface area contributed by atoms with Gasteiger partial charge in [-0.3, -0.25) is 9.18 Å². The van der Waals surface area contributed by atoms with Crippen molar-refractivity contribution in [3.8, 4) is 0 Å². The molecule has 0 saturated carbocycles. The van der Waals surface area contributed by atoms with E-state index in [1.165, 1.54) is 6.07 Å². The van der Waals surface area contributed by atoms with Crippen LogP contribution in [0.3, 0.4) is 0 Å². The number of hydrogen-bond donors (Lipinski definition) is 0. The zero-order valence-corrected chi connectivity index (χ0v) is 10.8. The first-order chi connectivity index (χ1) is 7.75. The van der Waals surface area contributed by atoms with Crippen LogP contribution in [0.1, 0.15) is 0 Å². The first-order valence-electron chi connectivity index (χ1n) is 4.64. The van der Waals surface area contributed by atoms with Crippen LogP contribution in [-0.2, 0) is 20.1 Å². The summed E-state index contributed by atoms with van der Waals surface area (Å²) >= 11 is 0. The minimum atomic E-state index is -0.578. The van der Waals surface area contributed by atoms with Crippen molar-refractivity contribution in [1.29, 1.82) is 0 Å². The van der Waals surface area contributed by atoms with Gasteiger partial charge in [0.25, 0.3) is 5.63 Å². The van der Waals surface area contributed by atoms with Crippen LogP contribution in [0.25, 0.3) is 21.9 Å². The third kappa shape index (κ3) is 1.88. The van der Waals surface area contributed by atoms with E-state index in [9.17, 15) is 9.18 Å². The number of nitrogens with zero attached hydrogens (tertiary/aromatic N) is 1. The van der Waals surface area contributed by atoms with E-state index in [1.807, 2.05) is 0 Å². The minimum Gasteiger partial charge on any atom is -0.438 e. The Morgan fingerprint density at radius 3 is 3.06 bits per heavy atom. The Labute approximate surface area is 109 Å². The molecule has 87 valence electrons. The van der Waals surface area contributed by atoms with E-state index in [0.717, 1.165) is 6.07 Å². The standard InChI is InChI=1S/C12H5FNO2.Ir/c13-7-3-4-8-9(6-7)12(15)16-10-2-1-5-14-11(8)10;/h1-3,5-6H;/q-1;. The van der Waals surface area contributed by atoms with Crippen LogP contribution >= 0.6 is 0 Å². The van der Waals surface area contributed by atoms with Crippen LogP contribution in [-0.4, -0.2) is 4.98 Å². The summed E-state index contributed by atoms with van der Waals surface area (Å²) in [6, 6.07) is 8.32. The van der Waals surface area contributed by atoms with Gasteiger partial charge in [0.15, 0.2) is 0 Å². The van der Waals surface area contributed by atoms with Gasteiger partial charge in [0.1, 0.15) is 5.58 Å². The average molecular weight is 406 g/mol. The van der Waals surface area contributed by atoms with Gasteiger partial charge in [-0.25, -0.2) is 0 Å². The summed E-state index contributed by atoms with van der Waals surface area (Å²) in [7, 11) is 0. The van der Waals surface area contributed by atoms with Crippen LogP contribution in [0, 0.1) is 11.9 Å². The maximum atomic E-state index is 13.0. The summed E-state index contributed by atoms with van der Waals surface area (Å²) in [5.41, 5.74) is 0.311. The maximum absolute atomic E-state index is 13.0. The van der Waals surface area contributed by atoms with Gasteiger partial charge < -0.3 is 9.40 Å². The van der Waals surface area contributed by atoms with E-state index in [2.05, 4.69) is 11.1 Å². The Balaban J connectivity index is 0.00000108. The van der Waals surface area contributed by atoms with E-state index in [4.69, 9.17) is 4.42 Å². The molecule has 0 bridgehead atoms. The SMILES string of the molecule is O=c1oc2cccnc2c2[c-]cc(F)cc12.[Ir]. The van der Waals surface area contributed by atoms with E-state index in [1.54, 1.807) is 18.3 Å². The van der Waals surface area contributed by atoms with Gasteiger partial charge in [-0.15, -0.1) is 17.5 Å². The summed E-state index contributed by atoms with van der Waals surface area (Å²) < 4.78 is 18.0. The zero-order valence-electron chi connectivity index (χ0n) is 8.36. The Morgan fingerprint density at radius 1 is 1.41 bits per heavy atom. The van der Waals surface area contributed by atoms with Crippen molar-refractivity contribution in [1.82, 2.24) is 4.98 Å². The average Bonchev–Trinajstić information content (AvgIpc) is 2.29. The van der Waals surface area contributed by atoms with Crippen LogP contribution in [0.4, 0.5) is 4.39 Å². The van der Waals surface area contributed by atoms with Crippen LogP contribution in [0.5, 0.6) is 0 Å². The molecule has 2 aromatic heterocycles. The summed E-state index contributed by atoms with van der Waals surface area (Å²) in [4.78, 5) is 15.7. The van der Waals surface area contributed by atoms with Crippen molar-refractivity contribution in [2.75, 3.05) is 0 Å². The van der Waals surface area contributed by atoms with Gasteiger partial charge in [-0.05, 0) is 17.5 Å². The van der Waals surface area contributed by atoms with Crippen molar-refractivity contribution in [3.63, 3.8) is 0 Å². The molecule has 0 amide bonds. The second-order valence-corrected chi connectivity index (χ2v) is 3.35. The molecule has 0 spiro atoms. The molecule has 0 atom stereocenters. The molecular weight excluding hydrogens is 401 g/mol. The number of benzene rings is 1. The molecule has 0 aliphatic heterocycles. The van der Waals surface area contributed by atoms with E-state index < -0.39 is 11.4 Å². The van der Waals surface area contributed by atoms with Crippen LogP contribution in [0.15, 0.2) is 39.7 Å². The fraction of sp³-hybridized carbons (Fsp3) is 0. The summed E-state index contributed by atoms with van der Waals surface area (Å²) in [6.45, 7) is 0. The molecule has 0 aliphatic carbocycles. The maximum Gasteiger partial charge on any atom is 0.299 e. The smallest absolute Gasteiger partial charge is 0.299 e. The van der Waals surface area contributed by atoms with Crippen molar-refractivity contribution < 1.29 is 28.9 Å². The fourth-order valence-corrected chi connectivity index (χ4v) is 1.64. The number of rotatable bonds is 0. The number of halogens is 1. The first-order valence-corrected chi connectivity index (χ1v) is 4.64. The van der Waals surface area contributed by atoms with E-state index in [0.29, 0.717) is 16.5 Å². The Kier molecular flexibility index (Phi) is 3.05. The van der Waals surface area contributed by atoms with Crippen molar-refractivity contribution >= 4 is 21.9 Å². The van der Waals surface area contributed by atoms with Crippen molar-refractivity contribution in [3.05, 3.63) is 52.8 Å². The molecule has 0 unspecified atom stereocenters. The largest absolute Gasteiger partial charge is 0.438 e. The number of pyridine rings is 1. The fourth-order valence-electron chi connectivity index (χ4n) is 1.64. The summed E-state index contributed by atoms with van der Waals surface area (Å²) in [6.07, 6.45) is 1.58. The molecule has 1 aromatic carbocycles. The first kappa shape index (κ1) is 11.9. The van der Waals surface area contributed by atoms with Crippen LogP contribution in [0.2, 0.25) is 0 Å². The quantitative estimate of drug-likeness (QED) is 0.425. The second kappa shape index (κ2) is 4.35. The third-order valence-electron chi connectivity index (χ3n) is 2.34. The molecule has 0 saturated heterocycles. The Morgan fingerprint density at radius 2 is 2.24 bits per heavy atom. The Hall–Kier alpha value is -1.58. The summed E-state index contributed by atoms with van der Waals surface area (Å²) in [5.74, 6) is -0.518. The monoisotopic (exact) mass is 407 g/mol. The molecule has 0 aliphatic rings. The molecule has 17 heavy (non-hydrogen) atoms. The van der Waals surface area contributed by atoms with Crippen molar-refractivity contribution in [2.24, 2.45) is 0 Å². The topological polar surface area (TPSA) is 43.1 Å². The molecule has 5 heteroatoms. The Bertz CT molecular complexity index is 754.